The molecule has 0 radical (unpaired) electrons. The van der Waals surface area contributed by atoms with Gasteiger partial charge in [-0.25, -0.2) is 13.2 Å². The summed E-state index contributed by atoms with van der Waals surface area (Å²) in [7, 11) is 0. The number of halogens is 5. The highest BCUT2D eigenvalue weighted by Crippen LogP contribution is 2.33. The van der Waals surface area contributed by atoms with Gasteiger partial charge >= 0.3 is 5.97 Å². The van der Waals surface area contributed by atoms with Crippen molar-refractivity contribution < 1.29 is 31.5 Å². The molecule has 9 heteroatoms. The molecule has 1 rings (SSSR count). The summed E-state index contributed by atoms with van der Waals surface area (Å²) in [5, 5.41) is 0. The van der Waals surface area contributed by atoms with Crippen LogP contribution in [0.4, 0.5) is 22.0 Å². The van der Waals surface area contributed by atoms with E-state index in [1.54, 1.807) is 0 Å². The van der Waals surface area contributed by atoms with Gasteiger partial charge in [0, 0.05) is 4.20 Å². The number of rotatable bonds is 3. The monoisotopic (exact) mass is 344 g/mol. The smallest absolute Gasteiger partial charge is 0.327 e. The molecule has 21 heavy (non-hydrogen) atoms. The van der Waals surface area contributed by atoms with Crippen molar-refractivity contribution in [3.63, 3.8) is 0 Å². The molecule has 0 amide bonds. The highest BCUT2D eigenvalue weighted by molar-refractivity contribution is 8.24. The summed E-state index contributed by atoms with van der Waals surface area (Å²) < 4.78 is 68.9. The minimum atomic E-state index is -2.33. The Labute approximate surface area is 126 Å². The Balaban J connectivity index is 3.21. The van der Waals surface area contributed by atoms with Crippen LogP contribution in [0.1, 0.15) is 20.8 Å². The number of esters is 1. The molecule has 0 aliphatic rings. The second-order valence-corrected chi connectivity index (χ2v) is 7.10. The second kappa shape index (κ2) is 6.27. The molecule has 1 aromatic carbocycles. The van der Waals surface area contributed by atoms with Gasteiger partial charge in [-0.05, 0) is 20.8 Å². The van der Waals surface area contributed by atoms with E-state index >= 15 is 0 Å². The molecule has 0 aliphatic carbocycles. The summed E-state index contributed by atoms with van der Waals surface area (Å²) in [4.78, 5) is 11.8. The van der Waals surface area contributed by atoms with Crippen LogP contribution in [0.3, 0.4) is 0 Å². The fourth-order valence-corrected chi connectivity index (χ4v) is 2.76. The predicted molar refractivity (Wildman–Crippen MR) is 71.8 cm³/mol. The molecule has 0 N–H and O–H groups in total. The number of hydrogen-bond donors (Lipinski definition) is 0. The molecule has 0 saturated heterocycles. The Morgan fingerprint density at radius 2 is 1.38 bits per heavy atom. The van der Waals surface area contributed by atoms with Crippen LogP contribution in [0.5, 0.6) is 5.75 Å². The minimum absolute atomic E-state index is 0.342. The van der Waals surface area contributed by atoms with E-state index in [1.165, 1.54) is 20.8 Å². The van der Waals surface area contributed by atoms with E-state index in [4.69, 9.17) is 12.2 Å². The predicted octanol–water partition coefficient (Wildman–Crippen LogP) is 4.15. The van der Waals surface area contributed by atoms with Crippen LogP contribution in [0, 0.1) is 29.1 Å². The summed E-state index contributed by atoms with van der Waals surface area (Å²) in [6, 6.07) is 0. The molecule has 116 valence electrons. The quantitative estimate of drug-likeness (QED) is 0.206. The third-order valence-electron chi connectivity index (χ3n) is 2.25. The Morgan fingerprint density at radius 1 is 1.00 bits per heavy atom. The standard InChI is InChI=1S/C12H9F5O2S2/c1-4(20)21-12(2,3)11(18)19-10-8(16)6(14)5(13)7(15)9(10)17/h1-3H3. The molecule has 0 fully saturated rings. The number of thiocarbonyl (C=S) groups is 1. The van der Waals surface area contributed by atoms with Crippen molar-refractivity contribution in [3.05, 3.63) is 29.1 Å². The first-order valence-corrected chi connectivity index (χ1v) is 6.64. The van der Waals surface area contributed by atoms with Crippen molar-refractivity contribution in [3.8, 4) is 5.75 Å². The lowest BCUT2D eigenvalue weighted by Gasteiger charge is -2.21. The van der Waals surface area contributed by atoms with E-state index in [-0.39, 0.29) is 0 Å². The molecular formula is C12H9F5O2S2. The number of carbonyl (C=O) groups excluding carboxylic acids is 1. The summed E-state index contributed by atoms with van der Waals surface area (Å²) in [6.45, 7) is 4.18. The average molecular weight is 344 g/mol. The Bertz CT molecular complexity index is 587. The number of benzene rings is 1. The topological polar surface area (TPSA) is 26.3 Å². The van der Waals surface area contributed by atoms with Crippen molar-refractivity contribution in [2.24, 2.45) is 0 Å². The van der Waals surface area contributed by atoms with Gasteiger partial charge in [-0.1, -0.05) is 12.2 Å². The average Bonchev–Trinajstić information content (AvgIpc) is 2.37. The van der Waals surface area contributed by atoms with Gasteiger partial charge in [0.1, 0.15) is 4.75 Å². The molecule has 0 unspecified atom stereocenters. The van der Waals surface area contributed by atoms with Crippen molar-refractivity contribution in [1.82, 2.24) is 0 Å². The molecule has 0 heterocycles. The van der Waals surface area contributed by atoms with Crippen LogP contribution in [-0.4, -0.2) is 14.9 Å². The SMILES string of the molecule is CC(=S)SC(C)(C)C(=O)Oc1c(F)c(F)c(F)c(F)c1F. The highest BCUT2D eigenvalue weighted by atomic mass is 32.2. The van der Waals surface area contributed by atoms with Crippen LogP contribution in [-0.2, 0) is 4.79 Å². The lowest BCUT2D eigenvalue weighted by Crippen LogP contribution is -2.34. The normalized spacial score (nSPS) is 11.4. The molecule has 0 bridgehead atoms. The van der Waals surface area contributed by atoms with Gasteiger partial charge in [0.15, 0.2) is 0 Å². The van der Waals surface area contributed by atoms with Gasteiger partial charge in [-0.2, -0.15) is 8.78 Å². The number of thioether (sulfide) groups is 1. The van der Waals surface area contributed by atoms with E-state index in [2.05, 4.69) is 4.74 Å². The van der Waals surface area contributed by atoms with Gasteiger partial charge in [-0.15, -0.1) is 11.8 Å². The van der Waals surface area contributed by atoms with Gasteiger partial charge in [0.25, 0.3) is 0 Å². The van der Waals surface area contributed by atoms with E-state index in [9.17, 15) is 26.7 Å². The van der Waals surface area contributed by atoms with Crippen molar-refractivity contribution in [2.45, 2.75) is 25.5 Å². The third-order valence-corrected chi connectivity index (χ3v) is 3.47. The Kier molecular flexibility index (Phi) is 5.32. The Morgan fingerprint density at radius 3 is 1.76 bits per heavy atom. The molecule has 0 aliphatic heterocycles. The number of ether oxygens (including phenoxy) is 1. The maximum Gasteiger partial charge on any atom is 0.327 e. The maximum atomic E-state index is 13.4. The Hall–Kier alpha value is -1.22. The van der Waals surface area contributed by atoms with Crippen LogP contribution in [0.25, 0.3) is 0 Å². The summed E-state index contributed by atoms with van der Waals surface area (Å²) in [6.07, 6.45) is 0. The van der Waals surface area contributed by atoms with Gasteiger partial charge < -0.3 is 4.74 Å². The molecule has 0 aromatic heterocycles. The lowest BCUT2D eigenvalue weighted by atomic mass is 10.2. The second-order valence-electron chi connectivity index (χ2n) is 4.39. The van der Waals surface area contributed by atoms with E-state index in [1.807, 2.05) is 0 Å². The zero-order chi connectivity index (χ0) is 16.5. The minimum Gasteiger partial charge on any atom is -0.419 e. The van der Waals surface area contributed by atoms with Gasteiger partial charge in [0.05, 0.1) is 0 Å². The summed E-state index contributed by atoms with van der Waals surface area (Å²) >= 11 is 5.63. The molecule has 0 atom stereocenters. The van der Waals surface area contributed by atoms with Crippen LogP contribution < -0.4 is 4.74 Å². The number of carbonyl (C=O) groups is 1. The molecular weight excluding hydrogens is 335 g/mol. The van der Waals surface area contributed by atoms with Crippen molar-refractivity contribution >= 4 is 34.1 Å². The van der Waals surface area contributed by atoms with Crippen molar-refractivity contribution in [2.75, 3.05) is 0 Å². The zero-order valence-electron chi connectivity index (χ0n) is 11.0. The largest absolute Gasteiger partial charge is 0.419 e. The van der Waals surface area contributed by atoms with Crippen LogP contribution in [0.15, 0.2) is 0 Å². The molecule has 2 nitrogen and oxygen atoms in total. The van der Waals surface area contributed by atoms with Crippen molar-refractivity contribution in [1.29, 1.82) is 0 Å². The number of hydrogen-bond acceptors (Lipinski definition) is 4. The first-order valence-electron chi connectivity index (χ1n) is 5.42. The van der Waals surface area contributed by atoms with E-state index < -0.39 is 45.6 Å². The van der Waals surface area contributed by atoms with Crippen LogP contribution >= 0.6 is 24.0 Å². The van der Waals surface area contributed by atoms with Gasteiger partial charge in [-0.3, -0.25) is 4.79 Å². The maximum absolute atomic E-state index is 13.4. The fourth-order valence-electron chi connectivity index (χ4n) is 1.29. The third kappa shape index (κ3) is 3.70. The fraction of sp³-hybridized carbons (Fsp3) is 0.333. The summed E-state index contributed by atoms with van der Waals surface area (Å²) in [5.41, 5.74) is 0. The molecule has 0 saturated carbocycles. The molecule has 1 aromatic rings. The first-order chi connectivity index (χ1) is 9.49. The highest BCUT2D eigenvalue weighted by Gasteiger charge is 2.35. The lowest BCUT2D eigenvalue weighted by molar-refractivity contribution is -0.136. The van der Waals surface area contributed by atoms with Crippen LogP contribution in [0.2, 0.25) is 0 Å². The first kappa shape index (κ1) is 17.8. The molecule has 0 spiro atoms. The van der Waals surface area contributed by atoms with E-state index in [0.29, 0.717) is 4.20 Å². The summed E-state index contributed by atoms with van der Waals surface area (Å²) in [5.74, 6) is -13.9. The van der Waals surface area contributed by atoms with E-state index in [0.717, 1.165) is 11.8 Å². The van der Waals surface area contributed by atoms with Gasteiger partial charge in [0.2, 0.25) is 34.8 Å². The zero-order valence-corrected chi connectivity index (χ0v) is 12.7.